The Morgan fingerprint density at radius 3 is 3.00 bits per heavy atom. The third kappa shape index (κ3) is 2.12. The second kappa shape index (κ2) is 2.95. The lowest BCUT2D eigenvalue weighted by atomic mass is 10.7. The lowest BCUT2D eigenvalue weighted by Gasteiger charge is -1.85. The van der Waals surface area contributed by atoms with Gasteiger partial charge >= 0.3 is 5.71 Å². The molecule has 1 atom stereocenters. The first kappa shape index (κ1) is 6.72. The molecular weight excluding hydrogens is 155 g/mol. The van der Waals surface area contributed by atoms with Gasteiger partial charge < -0.3 is 5.11 Å². The van der Waals surface area contributed by atoms with Crippen LogP contribution >= 0.6 is 19.9 Å². The van der Waals surface area contributed by atoms with Gasteiger partial charge in [-0.3, -0.25) is 0 Å². The van der Waals surface area contributed by atoms with E-state index in [0.29, 0.717) is 0 Å². The number of hydrogen-bond donors (Lipinski definition) is 1. The minimum atomic E-state index is -0.742. The first-order valence-electron chi connectivity index (χ1n) is 2.31. The molecule has 1 rings (SSSR count). The van der Waals surface area contributed by atoms with Gasteiger partial charge in [0.15, 0.2) is 0 Å². The molecule has 0 aliphatic carbocycles. The quantitative estimate of drug-likeness (QED) is 0.669. The summed E-state index contributed by atoms with van der Waals surface area (Å²) in [6, 6.07) is 1.83. The van der Waals surface area contributed by atoms with E-state index in [2.05, 4.69) is 0 Å². The Morgan fingerprint density at radius 1 is 1.78 bits per heavy atom. The largest absolute Gasteiger partial charge is 0.478 e. The van der Waals surface area contributed by atoms with E-state index >= 15 is 0 Å². The Kier molecular flexibility index (Phi) is 2.20. The zero-order chi connectivity index (χ0) is 6.69. The van der Waals surface area contributed by atoms with Crippen LogP contribution in [-0.2, 0) is 0 Å². The molecule has 0 bridgehead atoms. The van der Waals surface area contributed by atoms with Crippen molar-refractivity contribution in [3.63, 3.8) is 0 Å². The van der Waals surface area contributed by atoms with Crippen molar-refractivity contribution in [1.82, 2.24) is 0 Å². The fourth-order valence-corrected chi connectivity index (χ4v) is 1.96. The second-order valence-electron chi connectivity index (χ2n) is 1.44. The highest BCUT2D eigenvalue weighted by molar-refractivity contribution is 7.64. The van der Waals surface area contributed by atoms with Crippen LogP contribution in [0.25, 0.3) is 0 Å². The monoisotopic (exact) mass is 160 g/mol. The highest BCUT2D eigenvalue weighted by atomic mass is 32.1. The Balaban J connectivity index is 2.58. The first-order valence-corrected chi connectivity index (χ1v) is 4.25. The summed E-state index contributed by atoms with van der Waals surface area (Å²) in [5.41, 5.74) is -0.742. The van der Waals surface area contributed by atoms with E-state index in [0.717, 1.165) is 5.30 Å². The predicted molar refractivity (Wildman–Crippen MR) is 40.3 cm³/mol. The molecule has 1 heterocycles. The summed E-state index contributed by atoms with van der Waals surface area (Å²) >= 11 is 1.53. The van der Waals surface area contributed by atoms with Crippen LogP contribution in [0.15, 0.2) is 16.8 Å². The van der Waals surface area contributed by atoms with E-state index in [1.54, 1.807) is 0 Å². The van der Waals surface area contributed by atoms with Crippen molar-refractivity contribution in [3.05, 3.63) is 16.8 Å². The molecule has 0 saturated heterocycles. The molecule has 0 amide bonds. The molecule has 0 spiro atoms. The van der Waals surface area contributed by atoms with Crippen LogP contribution in [-0.4, -0.2) is 10.8 Å². The maximum Gasteiger partial charge on any atom is 0.325 e. The SMILES string of the molecule is O=C(O)Pc1ccsc1. The van der Waals surface area contributed by atoms with Gasteiger partial charge in [-0.25, -0.2) is 4.79 Å². The Hall–Kier alpha value is -0.400. The molecule has 0 aromatic carbocycles. The Bertz CT molecular complexity index is 195. The molecule has 2 nitrogen and oxygen atoms in total. The highest BCUT2D eigenvalue weighted by Crippen LogP contribution is 2.12. The fraction of sp³-hybridized carbons (Fsp3) is 0. The van der Waals surface area contributed by atoms with E-state index < -0.39 is 5.71 Å². The molecule has 48 valence electrons. The number of carbonyl (C=O) groups is 1. The summed E-state index contributed by atoms with van der Waals surface area (Å²) in [4.78, 5) is 10.1. The van der Waals surface area contributed by atoms with Crippen LogP contribution in [0.4, 0.5) is 4.79 Å². The van der Waals surface area contributed by atoms with Crippen molar-refractivity contribution in [3.8, 4) is 0 Å². The van der Waals surface area contributed by atoms with Gasteiger partial charge in [0.2, 0.25) is 0 Å². The van der Waals surface area contributed by atoms with Crippen molar-refractivity contribution in [1.29, 1.82) is 0 Å². The van der Waals surface area contributed by atoms with E-state index in [4.69, 9.17) is 5.11 Å². The molecule has 1 N–H and O–H groups in total. The van der Waals surface area contributed by atoms with E-state index in [9.17, 15) is 4.79 Å². The third-order valence-electron chi connectivity index (χ3n) is 0.772. The Morgan fingerprint density at radius 2 is 2.56 bits per heavy atom. The molecule has 1 aromatic heterocycles. The molecule has 1 aromatic rings. The van der Waals surface area contributed by atoms with Gasteiger partial charge in [0.25, 0.3) is 0 Å². The van der Waals surface area contributed by atoms with Gasteiger partial charge in [0, 0.05) is 8.58 Å². The predicted octanol–water partition coefficient (Wildman–Crippen LogP) is 1.73. The maximum absolute atomic E-state index is 10.1. The zero-order valence-corrected chi connectivity index (χ0v) is 6.31. The molecule has 0 fully saturated rings. The average Bonchev–Trinajstić information content (AvgIpc) is 2.15. The van der Waals surface area contributed by atoms with Crippen molar-refractivity contribution in [2.45, 2.75) is 0 Å². The van der Waals surface area contributed by atoms with E-state index in [-0.39, 0.29) is 8.58 Å². The van der Waals surface area contributed by atoms with Crippen molar-refractivity contribution < 1.29 is 9.90 Å². The van der Waals surface area contributed by atoms with Crippen molar-refractivity contribution >= 4 is 30.9 Å². The number of hydrogen-bond acceptors (Lipinski definition) is 2. The van der Waals surface area contributed by atoms with Gasteiger partial charge in [-0.1, -0.05) is 0 Å². The topological polar surface area (TPSA) is 37.3 Å². The molecule has 0 saturated carbocycles. The van der Waals surface area contributed by atoms with E-state index in [1.165, 1.54) is 11.3 Å². The molecule has 1 unspecified atom stereocenters. The smallest absolute Gasteiger partial charge is 0.325 e. The van der Waals surface area contributed by atoms with Crippen LogP contribution in [0.2, 0.25) is 0 Å². The minimum absolute atomic E-state index is 0.0876. The average molecular weight is 160 g/mol. The standard InChI is InChI=1S/C5H5O2PS/c6-5(7)8-4-1-2-9-3-4/h1-3,8H,(H,6,7). The van der Waals surface area contributed by atoms with Crippen LogP contribution in [0.3, 0.4) is 0 Å². The highest BCUT2D eigenvalue weighted by Gasteiger charge is 1.97. The fourth-order valence-electron chi connectivity index (χ4n) is 0.459. The van der Waals surface area contributed by atoms with Crippen LogP contribution in [0, 0.1) is 0 Å². The lowest BCUT2D eigenvalue weighted by Crippen LogP contribution is -1.91. The summed E-state index contributed by atoms with van der Waals surface area (Å²) in [5.74, 6) is 0. The summed E-state index contributed by atoms with van der Waals surface area (Å²) in [6.07, 6.45) is 0. The summed E-state index contributed by atoms with van der Waals surface area (Å²) in [5, 5.41) is 12.9. The van der Waals surface area contributed by atoms with E-state index in [1.807, 2.05) is 16.8 Å². The van der Waals surface area contributed by atoms with Gasteiger partial charge in [-0.15, -0.1) is 0 Å². The molecule has 4 heteroatoms. The number of carboxylic acid groups (broad SMARTS) is 1. The molecular formula is C5H5O2PS. The summed E-state index contributed by atoms with van der Waals surface area (Å²) < 4.78 is 0. The minimum Gasteiger partial charge on any atom is -0.478 e. The second-order valence-corrected chi connectivity index (χ2v) is 3.48. The molecule has 9 heavy (non-hydrogen) atoms. The Labute approximate surface area is 58.3 Å². The van der Waals surface area contributed by atoms with Gasteiger partial charge in [0.1, 0.15) is 0 Å². The normalized spacial score (nSPS) is 10.7. The van der Waals surface area contributed by atoms with Gasteiger partial charge in [-0.05, 0) is 22.1 Å². The zero-order valence-electron chi connectivity index (χ0n) is 4.50. The van der Waals surface area contributed by atoms with Crippen LogP contribution < -0.4 is 5.30 Å². The maximum atomic E-state index is 10.1. The van der Waals surface area contributed by atoms with Gasteiger partial charge in [-0.2, -0.15) is 11.3 Å². The molecule has 0 radical (unpaired) electrons. The lowest BCUT2D eigenvalue weighted by molar-refractivity contribution is 0.221. The molecule has 0 aliphatic rings. The first-order chi connectivity index (χ1) is 4.29. The van der Waals surface area contributed by atoms with Crippen LogP contribution in [0.5, 0.6) is 0 Å². The van der Waals surface area contributed by atoms with Crippen LogP contribution in [0.1, 0.15) is 0 Å². The number of rotatable bonds is 2. The third-order valence-corrected chi connectivity index (χ3v) is 2.48. The van der Waals surface area contributed by atoms with Crippen molar-refractivity contribution in [2.75, 3.05) is 0 Å². The van der Waals surface area contributed by atoms with Gasteiger partial charge in [0.05, 0.1) is 0 Å². The number of thiophene rings is 1. The summed E-state index contributed by atoms with van der Waals surface area (Å²) in [7, 11) is -0.0876. The van der Waals surface area contributed by atoms with Crippen molar-refractivity contribution in [2.24, 2.45) is 0 Å². The molecule has 0 aliphatic heterocycles. The summed E-state index contributed by atoms with van der Waals surface area (Å²) in [6.45, 7) is 0.